The van der Waals surface area contributed by atoms with Gasteiger partial charge in [0.15, 0.2) is 5.82 Å². The second-order valence-electron chi connectivity index (χ2n) is 11.4. The molecule has 11 nitrogen and oxygen atoms in total. The number of hydrogen-bond acceptors (Lipinski definition) is 9. The lowest BCUT2D eigenvalue weighted by Gasteiger charge is -2.16. The number of thioether (sulfide) groups is 1. The van der Waals surface area contributed by atoms with Gasteiger partial charge in [0.2, 0.25) is 17.7 Å². The van der Waals surface area contributed by atoms with Gasteiger partial charge in [-0.1, -0.05) is 31.5 Å². The zero-order valence-corrected chi connectivity index (χ0v) is 26.9. The van der Waals surface area contributed by atoms with Gasteiger partial charge >= 0.3 is 0 Å². The van der Waals surface area contributed by atoms with E-state index in [0.29, 0.717) is 31.9 Å². The molecule has 3 amide bonds. The number of Topliss-reactive ketones (excluding diaryl/α,β-unsaturated/α-hetero) is 1. The maximum absolute atomic E-state index is 13.0. The first-order chi connectivity index (χ1) is 21.2. The average molecular weight is 624 g/mol. The number of rotatable bonds is 18. The van der Waals surface area contributed by atoms with Crippen LogP contribution in [0.3, 0.4) is 0 Å². The molecule has 1 aliphatic heterocycles. The number of nitrogens with two attached hydrogens (primary N) is 1. The summed E-state index contributed by atoms with van der Waals surface area (Å²) in [6.45, 7) is 5.29. The number of nitrogens with zero attached hydrogens (tertiary/aromatic N) is 4. The third kappa shape index (κ3) is 8.15. The van der Waals surface area contributed by atoms with E-state index < -0.39 is 5.25 Å². The minimum atomic E-state index is -0.528. The Balaban J connectivity index is 1.26. The molecule has 2 aromatic heterocycles. The molecular weight excluding hydrogens is 578 g/mol. The Morgan fingerprint density at radius 3 is 2.61 bits per heavy atom. The number of carbonyl (C=O) groups excluding carboxylic acids is 4. The molecule has 1 fully saturated rings. The molecular formula is C32H45N7O4S. The Morgan fingerprint density at radius 1 is 1.09 bits per heavy atom. The predicted molar refractivity (Wildman–Crippen MR) is 175 cm³/mol. The van der Waals surface area contributed by atoms with E-state index in [2.05, 4.69) is 27.1 Å². The lowest BCUT2D eigenvalue weighted by atomic mass is 10.1. The number of imide groups is 1. The molecule has 2 atom stereocenters. The van der Waals surface area contributed by atoms with E-state index in [9.17, 15) is 19.2 Å². The van der Waals surface area contributed by atoms with Crippen LogP contribution in [-0.2, 0) is 32.1 Å². The number of imidazole rings is 1. The highest BCUT2D eigenvalue weighted by atomic mass is 32.2. The van der Waals surface area contributed by atoms with Crippen molar-refractivity contribution in [2.75, 3.05) is 31.6 Å². The number of fused-ring (bicyclic) bond motifs is 3. The average Bonchev–Trinajstić information content (AvgIpc) is 3.51. The molecule has 1 aromatic carbocycles. The summed E-state index contributed by atoms with van der Waals surface area (Å²) < 4.78 is 2.23. The molecule has 12 heteroatoms. The van der Waals surface area contributed by atoms with Crippen molar-refractivity contribution in [1.82, 2.24) is 30.1 Å². The van der Waals surface area contributed by atoms with E-state index in [1.54, 1.807) is 14.0 Å². The standard InChI is InChI=1S/C32H45N7O4S/c1-4-5-15-26-37-29-30(22-12-6-7-14-24(22)36-31(29)33)38(26)17-10-11-18-39-28(42)19-25(32(39)43)44-20-27(41)35-16-9-8-13-23(34-3)21(2)40/h6-7,12,14,23,25,34H,4-5,8-11,13,15-20H2,1-3H3,(H2,33,36)(H,35,41). The summed E-state index contributed by atoms with van der Waals surface area (Å²) in [5.41, 5.74) is 8.85. The number of aromatic nitrogens is 3. The number of unbranched alkanes of at least 4 members (excludes halogenated alkanes) is 3. The van der Waals surface area contributed by atoms with Crippen LogP contribution in [0.25, 0.3) is 21.9 Å². The highest BCUT2D eigenvalue weighted by molar-refractivity contribution is 8.01. The van der Waals surface area contributed by atoms with Crippen LogP contribution in [0.1, 0.15) is 71.0 Å². The maximum Gasteiger partial charge on any atom is 0.242 e. The highest BCUT2D eigenvalue weighted by Crippen LogP contribution is 2.30. The highest BCUT2D eigenvalue weighted by Gasteiger charge is 2.38. The number of anilines is 1. The number of para-hydroxylation sites is 1. The van der Waals surface area contributed by atoms with Gasteiger partial charge in [0.05, 0.1) is 28.1 Å². The molecule has 0 radical (unpaired) electrons. The van der Waals surface area contributed by atoms with E-state index in [4.69, 9.17) is 10.7 Å². The van der Waals surface area contributed by atoms with Crippen LogP contribution in [0, 0.1) is 0 Å². The number of aryl methyl sites for hydroxylation is 2. The van der Waals surface area contributed by atoms with Crippen LogP contribution in [0.15, 0.2) is 24.3 Å². The van der Waals surface area contributed by atoms with Gasteiger partial charge in [-0.25, -0.2) is 9.97 Å². The van der Waals surface area contributed by atoms with Crippen molar-refractivity contribution in [3.8, 4) is 0 Å². The number of likely N-dealkylation sites (tertiary alicyclic amines) is 1. The molecule has 4 N–H and O–H groups in total. The molecule has 2 unspecified atom stereocenters. The fourth-order valence-corrected chi connectivity index (χ4v) is 6.69. The van der Waals surface area contributed by atoms with Crippen molar-refractivity contribution >= 4 is 63.0 Å². The topological polar surface area (TPSA) is 152 Å². The van der Waals surface area contributed by atoms with Crippen molar-refractivity contribution in [3.05, 3.63) is 30.1 Å². The van der Waals surface area contributed by atoms with Crippen LogP contribution in [0.5, 0.6) is 0 Å². The van der Waals surface area contributed by atoms with E-state index in [1.807, 2.05) is 24.3 Å². The molecule has 1 aliphatic rings. The Kier molecular flexibility index (Phi) is 12.1. The van der Waals surface area contributed by atoms with Gasteiger partial charge in [-0.15, -0.1) is 11.8 Å². The van der Waals surface area contributed by atoms with Crippen LogP contribution in [0.2, 0.25) is 0 Å². The summed E-state index contributed by atoms with van der Waals surface area (Å²) in [6.07, 6.45) is 6.78. The van der Waals surface area contributed by atoms with Crippen molar-refractivity contribution in [1.29, 1.82) is 0 Å². The fraction of sp³-hybridized carbons (Fsp3) is 0.562. The van der Waals surface area contributed by atoms with E-state index >= 15 is 0 Å². The molecule has 1 saturated heterocycles. The van der Waals surface area contributed by atoms with Gasteiger partial charge in [-0.3, -0.25) is 24.1 Å². The number of pyridine rings is 1. The third-order valence-electron chi connectivity index (χ3n) is 8.16. The molecule has 4 rings (SSSR count). The van der Waals surface area contributed by atoms with Crippen molar-refractivity contribution in [2.24, 2.45) is 0 Å². The first-order valence-corrected chi connectivity index (χ1v) is 16.7. The van der Waals surface area contributed by atoms with E-state index in [-0.39, 0.29) is 41.7 Å². The van der Waals surface area contributed by atoms with Gasteiger partial charge in [0.1, 0.15) is 17.1 Å². The number of nitrogen functional groups attached to an aromatic ring is 1. The van der Waals surface area contributed by atoms with Crippen molar-refractivity contribution in [2.45, 2.75) is 89.5 Å². The summed E-state index contributed by atoms with van der Waals surface area (Å²) in [5, 5.41) is 6.35. The number of hydrogen-bond donors (Lipinski definition) is 3. The van der Waals surface area contributed by atoms with Crippen LogP contribution in [-0.4, -0.2) is 80.1 Å². The quantitative estimate of drug-likeness (QED) is 0.143. The molecule has 44 heavy (non-hydrogen) atoms. The second-order valence-corrected chi connectivity index (χ2v) is 12.6. The first kappa shape index (κ1) is 33.4. The monoisotopic (exact) mass is 623 g/mol. The lowest BCUT2D eigenvalue weighted by molar-refractivity contribution is -0.138. The second kappa shape index (κ2) is 16.0. The van der Waals surface area contributed by atoms with Gasteiger partial charge in [-0.05, 0) is 58.6 Å². The van der Waals surface area contributed by atoms with Crippen LogP contribution < -0.4 is 16.4 Å². The van der Waals surface area contributed by atoms with Gasteiger partial charge in [-0.2, -0.15) is 0 Å². The van der Waals surface area contributed by atoms with Gasteiger partial charge in [0.25, 0.3) is 0 Å². The van der Waals surface area contributed by atoms with Crippen LogP contribution in [0.4, 0.5) is 5.82 Å². The normalized spacial score (nSPS) is 15.9. The van der Waals surface area contributed by atoms with Gasteiger partial charge < -0.3 is 20.9 Å². The molecule has 238 valence electrons. The third-order valence-corrected chi connectivity index (χ3v) is 9.36. The lowest BCUT2D eigenvalue weighted by Crippen LogP contribution is -2.33. The molecule has 3 aromatic rings. The van der Waals surface area contributed by atoms with Gasteiger partial charge in [0, 0.05) is 37.9 Å². The van der Waals surface area contributed by atoms with E-state index in [0.717, 1.165) is 72.7 Å². The minimum absolute atomic E-state index is 0.109. The van der Waals surface area contributed by atoms with Crippen molar-refractivity contribution in [3.63, 3.8) is 0 Å². The summed E-state index contributed by atoms with van der Waals surface area (Å²) >= 11 is 1.23. The number of ketones is 1. The summed E-state index contributed by atoms with van der Waals surface area (Å²) in [7, 11) is 1.77. The summed E-state index contributed by atoms with van der Waals surface area (Å²) in [5.74, 6) is 1.10. The Morgan fingerprint density at radius 2 is 1.86 bits per heavy atom. The Hall–Kier alpha value is -3.51. The number of nitrogens with one attached hydrogen (secondary N) is 2. The SMILES string of the molecule is CCCCc1nc2c(N)nc3ccccc3c2n1CCCCN1C(=O)CC(SCC(=O)NCCCCC(NC)C(C)=O)C1=O. The molecule has 0 saturated carbocycles. The number of benzene rings is 1. The largest absolute Gasteiger partial charge is 0.382 e. The molecule has 3 heterocycles. The summed E-state index contributed by atoms with van der Waals surface area (Å²) in [6, 6.07) is 7.78. The smallest absolute Gasteiger partial charge is 0.242 e. The summed E-state index contributed by atoms with van der Waals surface area (Å²) in [4.78, 5) is 60.3. The minimum Gasteiger partial charge on any atom is -0.382 e. The fourth-order valence-electron chi connectivity index (χ4n) is 5.71. The Bertz CT molecular complexity index is 1490. The zero-order valence-electron chi connectivity index (χ0n) is 26.1. The Labute approximate surface area is 263 Å². The zero-order chi connectivity index (χ0) is 31.6. The van der Waals surface area contributed by atoms with E-state index in [1.165, 1.54) is 16.7 Å². The molecule has 0 aliphatic carbocycles. The number of likely N-dealkylation sites (N-methyl/N-ethyl adjacent to an activating group) is 1. The predicted octanol–water partition coefficient (Wildman–Crippen LogP) is 3.61. The number of amides is 3. The maximum atomic E-state index is 13.0. The van der Waals surface area contributed by atoms with Crippen LogP contribution >= 0.6 is 11.8 Å². The van der Waals surface area contributed by atoms with Crippen molar-refractivity contribution < 1.29 is 19.2 Å². The molecule has 0 bridgehead atoms. The number of carbonyl (C=O) groups is 4. The molecule has 0 spiro atoms. The first-order valence-electron chi connectivity index (χ1n) is 15.7.